The van der Waals surface area contributed by atoms with Crippen LogP contribution in [0.2, 0.25) is 10.2 Å². The van der Waals surface area contributed by atoms with E-state index in [1.165, 1.54) is 18.2 Å². The lowest BCUT2D eigenvalue weighted by molar-refractivity contribution is -0.384. The van der Waals surface area contributed by atoms with Crippen LogP contribution in [-0.2, 0) is 4.74 Å². The Kier molecular flexibility index (Phi) is 4.06. The zero-order valence-electron chi connectivity index (χ0n) is 10.2. The zero-order valence-corrected chi connectivity index (χ0v) is 11.7. The van der Waals surface area contributed by atoms with Gasteiger partial charge in [-0.05, 0) is 13.0 Å². The summed E-state index contributed by atoms with van der Waals surface area (Å²) in [5, 5.41) is 10.9. The first-order valence-electron chi connectivity index (χ1n) is 5.56. The third kappa shape index (κ3) is 2.52. The van der Waals surface area contributed by atoms with Crippen molar-refractivity contribution in [3.05, 3.63) is 44.1 Å². The molecule has 0 saturated carbocycles. The van der Waals surface area contributed by atoms with E-state index in [1.54, 1.807) is 6.92 Å². The lowest BCUT2D eigenvalue weighted by atomic mass is 10.1. The molecule has 0 saturated heterocycles. The highest BCUT2D eigenvalue weighted by Crippen LogP contribution is 2.33. The molecular formula is C12H8Cl2N2O4. The summed E-state index contributed by atoms with van der Waals surface area (Å²) in [6.07, 6.45) is 0. The van der Waals surface area contributed by atoms with E-state index >= 15 is 0 Å². The summed E-state index contributed by atoms with van der Waals surface area (Å²) in [5.41, 5.74) is 0.111. The van der Waals surface area contributed by atoms with Crippen LogP contribution < -0.4 is 0 Å². The smallest absolute Gasteiger partial charge is 0.342 e. The lowest BCUT2D eigenvalue weighted by Gasteiger charge is -2.08. The average molecular weight is 315 g/mol. The Morgan fingerprint density at radius 1 is 1.45 bits per heavy atom. The number of carbonyl (C=O) groups excluding carboxylic acids is 1. The maximum absolute atomic E-state index is 11.8. The van der Waals surface area contributed by atoms with Crippen molar-refractivity contribution in [3.8, 4) is 0 Å². The molecule has 1 aromatic heterocycles. The third-order valence-electron chi connectivity index (χ3n) is 2.55. The number of ether oxygens (including phenoxy) is 1. The lowest BCUT2D eigenvalue weighted by Crippen LogP contribution is -2.07. The van der Waals surface area contributed by atoms with Crippen molar-refractivity contribution in [2.75, 3.05) is 6.61 Å². The highest BCUT2D eigenvalue weighted by molar-refractivity contribution is 6.42. The minimum atomic E-state index is -0.719. The fraction of sp³-hybridized carbons (Fsp3) is 0.167. The number of nitro groups is 1. The molecule has 0 aliphatic carbocycles. The molecule has 0 aliphatic heterocycles. The fourth-order valence-electron chi connectivity index (χ4n) is 1.67. The Bertz CT molecular complexity index is 718. The molecule has 1 heterocycles. The number of nitrogens with zero attached hydrogens (tertiary/aromatic N) is 2. The van der Waals surface area contributed by atoms with Crippen LogP contribution in [0.25, 0.3) is 10.9 Å². The number of carbonyl (C=O) groups is 1. The van der Waals surface area contributed by atoms with Gasteiger partial charge in [-0.25, -0.2) is 9.78 Å². The molecule has 0 aliphatic rings. The van der Waals surface area contributed by atoms with Crippen LogP contribution in [0.5, 0.6) is 0 Å². The fourth-order valence-corrected chi connectivity index (χ4v) is 2.30. The van der Waals surface area contributed by atoms with Gasteiger partial charge in [0.2, 0.25) is 0 Å². The summed E-state index contributed by atoms with van der Waals surface area (Å²) in [6, 6.07) is 3.94. The van der Waals surface area contributed by atoms with Crippen LogP contribution in [0.4, 0.5) is 5.69 Å². The molecule has 0 bridgehead atoms. The van der Waals surface area contributed by atoms with Gasteiger partial charge in [0.05, 0.1) is 22.1 Å². The summed E-state index contributed by atoms with van der Waals surface area (Å²) in [6.45, 7) is 1.79. The van der Waals surface area contributed by atoms with Gasteiger partial charge in [0.1, 0.15) is 10.7 Å². The van der Waals surface area contributed by atoms with Crippen molar-refractivity contribution in [2.24, 2.45) is 0 Å². The second-order valence-electron chi connectivity index (χ2n) is 3.77. The molecule has 0 radical (unpaired) electrons. The van der Waals surface area contributed by atoms with E-state index in [0.717, 1.165) is 0 Å². The van der Waals surface area contributed by atoms with Crippen LogP contribution in [0.1, 0.15) is 17.3 Å². The molecule has 2 rings (SSSR count). The van der Waals surface area contributed by atoms with Gasteiger partial charge in [-0.15, -0.1) is 0 Å². The van der Waals surface area contributed by atoms with E-state index in [9.17, 15) is 14.9 Å². The van der Waals surface area contributed by atoms with Crippen LogP contribution in [0.15, 0.2) is 18.2 Å². The number of nitro benzene ring substituents is 1. The second kappa shape index (κ2) is 5.60. The Morgan fingerprint density at radius 3 is 2.75 bits per heavy atom. The van der Waals surface area contributed by atoms with Crippen molar-refractivity contribution < 1.29 is 14.5 Å². The topological polar surface area (TPSA) is 82.3 Å². The SMILES string of the molecule is CCOC(=O)c1c(Cl)nc2ccc([N+](=O)[O-])cc2c1Cl. The molecule has 0 N–H and O–H groups in total. The molecule has 2 aromatic rings. The average Bonchev–Trinajstić information content (AvgIpc) is 2.38. The first kappa shape index (κ1) is 14.5. The minimum Gasteiger partial charge on any atom is -0.462 e. The number of pyridine rings is 1. The monoisotopic (exact) mass is 314 g/mol. The first-order valence-corrected chi connectivity index (χ1v) is 6.31. The number of hydrogen-bond acceptors (Lipinski definition) is 5. The van der Waals surface area contributed by atoms with E-state index in [2.05, 4.69) is 4.98 Å². The van der Waals surface area contributed by atoms with Gasteiger partial charge in [0, 0.05) is 17.5 Å². The molecule has 1 aromatic carbocycles. The van der Waals surface area contributed by atoms with Crippen molar-refractivity contribution in [1.82, 2.24) is 4.98 Å². The van der Waals surface area contributed by atoms with Gasteiger partial charge in [0.25, 0.3) is 5.69 Å². The summed E-state index contributed by atoms with van der Waals surface area (Å²) >= 11 is 12.0. The number of benzene rings is 1. The molecule has 8 heteroatoms. The largest absolute Gasteiger partial charge is 0.462 e. The van der Waals surface area contributed by atoms with Crippen molar-refractivity contribution >= 4 is 45.8 Å². The van der Waals surface area contributed by atoms with Gasteiger partial charge >= 0.3 is 5.97 Å². The molecule has 0 fully saturated rings. The van der Waals surface area contributed by atoms with Crippen LogP contribution in [-0.4, -0.2) is 22.5 Å². The predicted molar refractivity (Wildman–Crippen MR) is 74.4 cm³/mol. The van der Waals surface area contributed by atoms with Gasteiger partial charge in [-0.3, -0.25) is 10.1 Å². The second-order valence-corrected chi connectivity index (χ2v) is 4.51. The summed E-state index contributed by atoms with van der Waals surface area (Å²) in [4.78, 5) is 26.0. The Balaban J connectivity index is 2.71. The van der Waals surface area contributed by atoms with Gasteiger partial charge in [0.15, 0.2) is 0 Å². The number of halogens is 2. The van der Waals surface area contributed by atoms with Crippen molar-refractivity contribution in [3.63, 3.8) is 0 Å². The number of non-ortho nitro benzene ring substituents is 1. The predicted octanol–water partition coefficient (Wildman–Crippen LogP) is 3.63. The number of fused-ring (bicyclic) bond motifs is 1. The highest BCUT2D eigenvalue weighted by atomic mass is 35.5. The minimum absolute atomic E-state index is 0.0119. The highest BCUT2D eigenvalue weighted by Gasteiger charge is 2.21. The van der Waals surface area contributed by atoms with E-state index in [4.69, 9.17) is 27.9 Å². The first-order chi connectivity index (χ1) is 9.45. The molecular weight excluding hydrogens is 307 g/mol. The summed E-state index contributed by atoms with van der Waals surface area (Å²) < 4.78 is 4.83. The number of esters is 1. The molecule has 104 valence electrons. The number of aromatic nitrogens is 1. The molecule has 0 atom stereocenters. The van der Waals surface area contributed by atoms with Crippen LogP contribution in [0.3, 0.4) is 0 Å². The molecule has 0 unspecified atom stereocenters. The summed E-state index contributed by atoms with van der Waals surface area (Å²) in [7, 11) is 0. The van der Waals surface area contributed by atoms with Crippen LogP contribution in [0, 0.1) is 10.1 Å². The summed E-state index contributed by atoms with van der Waals surface area (Å²) in [5.74, 6) is -0.719. The number of hydrogen-bond donors (Lipinski definition) is 0. The standard InChI is InChI=1S/C12H8Cl2N2O4/c1-2-20-12(17)9-10(13)7-5-6(16(18)19)3-4-8(7)15-11(9)14/h3-5H,2H2,1H3. The normalized spacial score (nSPS) is 10.6. The maximum Gasteiger partial charge on any atom is 0.342 e. The van der Waals surface area contributed by atoms with Gasteiger partial charge in [-0.1, -0.05) is 23.2 Å². The quantitative estimate of drug-likeness (QED) is 0.374. The van der Waals surface area contributed by atoms with E-state index in [-0.39, 0.29) is 33.4 Å². The Labute approximate surface area is 123 Å². The van der Waals surface area contributed by atoms with Crippen molar-refractivity contribution in [2.45, 2.75) is 6.92 Å². The molecule has 20 heavy (non-hydrogen) atoms. The Morgan fingerprint density at radius 2 is 2.15 bits per heavy atom. The van der Waals surface area contributed by atoms with Crippen LogP contribution >= 0.6 is 23.2 Å². The Hall–Kier alpha value is -1.92. The number of rotatable bonds is 3. The molecule has 0 amide bonds. The van der Waals surface area contributed by atoms with E-state index in [0.29, 0.717) is 5.52 Å². The zero-order chi connectivity index (χ0) is 14.9. The molecule has 6 nitrogen and oxygen atoms in total. The third-order valence-corrected chi connectivity index (χ3v) is 3.22. The van der Waals surface area contributed by atoms with Crippen molar-refractivity contribution in [1.29, 1.82) is 0 Å². The van der Waals surface area contributed by atoms with E-state index < -0.39 is 10.9 Å². The molecule has 0 spiro atoms. The van der Waals surface area contributed by atoms with Gasteiger partial charge in [-0.2, -0.15) is 0 Å². The van der Waals surface area contributed by atoms with E-state index in [1.807, 2.05) is 0 Å². The van der Waals surface area contributed by atoms with Gasteiger partial charge < -0.3 is 4.74 Å². The maximum atomic E-state index is 11.8.